The van der Waals surface area contributed by atoms with Crippen molar-refractivity contribution in [2.75, 3.05) is 12.4 Å². The number of halogens is 2. The molecule has 7 heteroatoms. The number of aryl methyl sites for hydroxylation is 1. The highest BCUT2D eigenvalue weighted by Crippen LogP contribution is 2.33. The number of methoxy groups -OCH3 is 1. The zero-order valence-corrected chi connectivity index (χ0v) is 20.5. The van der Waals surface area contributed by atoms with Crippen LogP contribution in [0.1, 0.15) is 41.3 Å². The van der Waals surface area contributed by atoms with Gasteiger partial charge in [-0.1, -0.05) is 47.4 Å². The van der Waals surface area contributed by atoms with E-state index < -0.39 is 0 Å². The fourth-order valence-corrected chi connectivity index (χ4v) is 4.28. The van der Waals surface area contributed by atoms with Crippen LogP contribution in [0.25, 0.3) is 22.6 Å². The molecule has 0 fully saturated rings. The molecule has 4 aromatic rings. The van der Waals surface area contributed by atoms with Crippen LogP contribution in [0.4, 0.5) is 5.69 Å². The first-order valence-electron chi connectivity index (χ1n) is 10.1. The summed E-state index contributed by atoms with van der Waals surface area (Å²) in [5, 5.41) is 3.29. The Kier molecular flexibility index (Phi) is 6.26. The van der Waals surface area contributed by atoms with E-state index in [0.29, 0.717) is 45.0 Å². The molecule has 0 aliphatic rings. The Hall–Kier alpha value is -2.83. The number of carbonyl (C=O) groups is 1. The molecule has 3 aromatic carbocycles. The number of amides is 1. The summed E-state index contributed by atoms with van der Waals surface area (Å²) in [6.07, 6.45) is 0. The molecule has 1 aromatic heterocycles. The minimum absolute atomic E-state index is 0.329. The van der Waals surface area contributed by atoms with Crippen molar-refractivity contribution in [3.63, 3.8) is 0 Å². The second-order valence-corrected chi connectivity index (χ2v) is 9.18. The molecule has 1 N–H and O–H groups in total. The predicted molar refractivity (Wildman–Crippen MR) is 132 cm³/mol. The highest BCUT2D eigenvalue weighted by atomic mass is 79.9. The Labute approximate surface area is 199 Å². The van der Waals surface area contributed by atoms with Crippen molar-refractivity contribution in [2.45, 2.75) is 26.7 Å². The minimum Gasteiger partial charge on any atom is -0.496 e. The van der Waals surface area contributed by atoms with Gasteiger partial charge < -0.3 is 14.5 Å². The van der Waals surface area contributed by atoms with Gasteiger partial charge in [-0.2, -0.15) is 0 Å². The number of hydrogen-bond donors (Lipinski definition) is 1. The summed E-state index contributed by atoms with van der Waals surface area (Å²) in [4.78, 5) is 17.7. The van der Waals surface area contributed by atoms with E-state index in [-0.39, 0.29) is 5.91 Å². The van der Waals surface area contributed by atoms with Crippen molar-refractivity contribution in [1.29, 1.82) is 0 Å². The molecule has 0 atom stereocenters. The van der Waals surface area contributed by atoms with E-state index in [2.05, 4.69) is 40.1 Å². The zero-order chi connectivity index (χ0) is 23.0. The number of hydrogen-bond acceptors (Lipinski definition) is 4. The number of benzene rings is 3. The van der Waals surface area contributed by atoms with Gasteiger partial charge in [0.2, 0.25) is 5.89 Å². The maximum atomic E-state index is 13.0. The standard InChI is InChI=1S/C25H22BrClN2O3/c1-13(2)15-6-8-22-21(10-15)29-25(32-22)16-5-7-19(27)20(11-16)28-24(30)18-12-17(26)9-14(3)23(18)31-4/h5-13H,1-4H3,(H,28,30). The van der Waals surface area contributed by atoms with E-state index in [1.54, 1.807) is 25.3 Å². The minimum atomic E-state index is -0.329. The van der Waals surface area contributed by atoms with Crippen molar-refractivity contribution >= 4 is 50.2 Å². The third kappa shape index (κ3) is 4.38. The lowest BCUT2D eigenvalue weighted by Gasteiger charge is -2.13. The summed E-state index contributed by atoms with van der Waals surface area (Å²) in [6, 6.07) is 14.9. The molecule has 0 saturated carbocycles. The molecule has 32 heavy (non-hydrogen) atoms. The SMILES string of the molecule is COc1c(C)cc(Br)cc1C(=O)Nc1cc(-c2nc3cc(C(C)C)ccc3o2)ccc1Cl. The molecule has 1 heterocycles. The van der Waals surface area contributed by atoms with Gasteiger partial charge in [0.15, 0.2) is 5.58 Å². The number of nitrogens with zero attached hydrogens (tertiary/aromatic N) is 1. The van der Waals surface area contributed by atoms with Crippen LogP contribution < -0.4 is 10.1 Å². The molecule has 1 amide bonds. The molecule has 164 valence electrons. The van der Waals surface area contributed by atoms with Gasteiger partial charge in [0.05, 0.1) is 23.4 Å². The lowest BCUT2D eigenvalue weighted by molar-refractivity contribution is 0.102. The van der Waals surface area contributed by atoms with Crippen LogP contribution in [0.15, 0.2) is 57.4 Å². The van der Waals surface area contributed by atoms with E-state index >= 15 is 0 Å². The topological polar surface area (TPSA) is 64.4 Å². The van der Waals surface area contributed by atoms with Crippen molar-refractivity contribution in [1.82, 2.24) is 4.98 Å². The number of nitrogens with one attached hydrogen (secondary N) is 1. The van der Waals surface area contributed by atoms with E-state index in [4.69, 9.17) is 20.8 Å². The fraction of sp³-hybridized carbons (Fsp3) is 0.200. The van der Waals surface area contributed by atoms with Crippen LogP contribution in [-0.2, 0) is 0 Å². The smallest absolute Gasteiger partial charge is 0.259 e. The zero-order valence-electron chi connectivity index (χ0n) is 18.1. The number of carbonyl (C=O) groups excluding carboxylic acids is 1. The lowest BCUT2D eigenvalue weighted by Crippen LogP contribution is -2.14. The van der Waals surface area contributed by atoms with E-state index in [1.807, 2.05) is 37.3 Å². The summed E-state index contributed by atoms with van der Waals surface area (Å²) in [5.41, 5.74) is 5.12. The molecule has 0 radical (unpaired) electrons. The third-order valence-corrected chi connectivity index (χ3v) is 6.02. The normalized spacial score (nSPS) is 11.2. The second-order valence-electron chi connectivity index (χ2n) is 7.85. The highest BCUT2D eigenvalue weighted by molar-refractivity contribution is 9.10. The van der Waals surface area contributed by atoms with Gasteiger partial charge in [-0.15, -0.1) is 0 Å². The monoisotopic (exact) mass is 512 g/mol. The van der Waals surface area contributed by atoms with Gasteiger partial charge in [0.1, 0.15) is 11.3 Å². The molecule has 0 aliphatic heterocycles. The van der Waals surface area contributed by atoms with Gasteiger partial charge >= 0.3 is 0 Å². The summed E-state index contributed by atoms with van der Waals surface area (Å²) >= 11 is 9.81. The van der Waals surface area contributed by atoms with Gasteiger partial charge in [-0.3, -0.25) is 4.79 Å². The van der Waals surface area contributed by atoms with Crippen molar-refractivity contribution in [2.24, 2.45) is 0 Å². The van der Waals surface area contributed by atoms with Gasteiger partial charge in [-0.05, 0) is 66.4 Å². The summed E-state index contributed by atoms with van der Waals surface area (Å²) in [6.45, 7) is 6.15. The largest absolute Gasteiger partial charge is 0.496 e. The number of fused-ring (bicyclic) bond motifs is 1. The average molecular weight is 514 g/mol. The predicted octanol–water partition coefficient (Wildman–Crippen LogP) is 7.60. The van der Waals surface area contributed by atoms with E-state index in [1.165, 1.54) is 5.56 Å². The van der Waals surface area contributed by atoms with E-state index in [0.717, 1.165) is 15.6 Å². The first-order chi connectivity index (χ1) is 15.3. The third-order valence-electron chi connectivity index (χ3n) is 5.23. The van der Waals surface area contributed by atoms with Crippen LogP contribution in [0.5, 0.6) is 5.75 Å². The number of oxazole rings is 1. The molecular formula is C25H22BrClN2O3. The molecule has 0 saturated heterocycles. The van der Waals surface area contributed by atoms with Gasteiger partial charge in [0, 0.05) is 10.0 Å². The number of ether oxygens (including phenoxy) is 1. The highest BCUT2D eigenvalue weighted by Gasteiger charge is 2.18. The Morgan fingerprint density at radius 3 is 2.66 bits per heavy atom. The number of rotatable bonds is 5. The molecule has 0 unspecified atom stereocenters. The van der Waals surface area contributed by atoms with Crippen LogP contribution >= 0.6 is 27.5 Å². The van der Waals surface area contributed by atoms with Crippen LogP contribution in [0.2, 0.25) is 5.02 Å². The lowest BCUT2D eigenvalue weighted by atomic mass is 10.0. The quantitative estimate of drug-likeness (QED) is 0.298. The first-order valence-corrected chi connectivity index (χ1v) is 11.3. The fourth-order valence-electron chi connectivity index (χ4n) is 3.54. The molecular weight excluding hydrogens is 492 g/mol. The number of anilines is 1. The van der Waals surface area contributed by atoms with Gasteiger partial charge in [-0.25, -0.2) is 4.98 Å². The van der Waals surface area contributed by atoms with Crippen molar-refractivity contribution in [3.8, 4) is 17.2 Å². The molecule has 4 rings (SSSR count). The van der Waals surface area contributed by atoms with Crippen molar-refractivity contribution < 1.29 is 13.9 Å². The molecule has 0 bridgehead atoms. The number of aromatic nitrogens is 1. The Balaban J connectivity index is 1.68. The molecule has 0 aliphatic carbocycles. The molecule has 0 spiro atoms. The average Bonchev–Trinajstić information content (AvgIpc) is 3.18. The van der Waals surface area contributed by atoms with Crippen LogP contribution in [0, 0.1) is 6.92 Å². The first kappa shape index (κ1) is 22.4. The van der Waals surface area contributed by atoms with Gasteiger partial charge in [0.25, 0.3) is 5.91 Å². The summed E-state index contributed by atoms with van der Waals surface area (Å²) in [7, 11) is 1.54. The summed E-state index contributed by atoms with van der Waals surface area (Å²) < 4.78 is 12.2. The Bertz CT molecular complexity index is 1330. The van der Waals surface area contributed by atoms with E-state index in [9.17, 15) is 4.79 Å². The maximum absolute atomic E-state index is 13.0. The second kappa shape index (κ2) is 8.96. The molecule has 5 nitrogen and oxygen atoms in total. The van der Waals surface area contributed by atoms with Crippen LogP contribution in [-0.4, -0.2) is 18.0 Å². The van der Waals surface area contributed by atoms with Crippen molar-refractivity contribution in [3.05, 3.63) is 74.7 Å². The Morgan fingerprint density at radius 1 is 1.16 bits per heavy atom. The Morgan fingerprint density at radius 2 is 1.94 bits per heavy atom. The maximum Gasteiger partial charge on any atom is 0.259 e. The van der Waals surface area contributed by atoms with Crippen LogP contribution in [0.3, 0.4) is 0 Å². The summed E-state index contributed by atoms with van der Waals surface area (Å²) in [5.74, 6) is 1.04.